The summed E-state index contributed by atoms with van der Waals surface area (Å²) in [6.45, 7) is 5.44. The summed E-state index contributed by atoms with van der Waals surface area (Å²) in [7, 11) is 0. The van der Waals surface area contributed by atoms with Crippen molar-refractivity contribution in [3.8, 4) is 0 Å². The van der Waals surface area contributed by atoms with Crippen LogP contribution in [0.2, 0.25) is 0 Å². The molecule has 1 aromatic rings. The van der Waals surface area contributed by atoms with Crippen LogP contribution in [-0.2, 0) is 15.1 Å². The normalized spacial score (nSPS) is 32.5. The largest absolute Gasteiger partial charge is 0.450 e. The quantitative estimate of drug-likeness (QED) is 0.433. The summed E-state index contributed by atoms with van der Waals surface area (Å²) in [6.07, 6.45) is 4.67. The average molecular weight is 388 g/mol. The molecule has 0 radical (unpaired) electrons. The molecule has 4 heteroatoms. The number of fused-ring (bicyclic) bond motifs is 2. The molecule has 0 N–H and O–H groups in total. The summed E-state index contributed by atoms with van der Waals surface area (Å²) in [5.41, 5.74) is 0.126. The third-order valence-corrected chi connectivity index (χ3v) is 6.46. The number of esters is 1. The summed E-state index contributed by atoms with van der Waals surface area (Å²) in [5, 5.41) is 0. The second-order valence-corrected chi connectivity index (χ2v) is 8.72. The van der Waals surface area contributed by atoms with E-state index in [1.54, 1.807) is 18.3 Å². The Morgan fingerprint density at radius 1 is 1.53 bits per heavy atom. The first-order chi connectivity index (χ1) is 9.01. The summed E-state index contributed by atoms with van der Waals surface area (Å²) >= 11 is 4.09. The molecule has 0 spiro atoms. The highest BCUT2D eigenvalue weighted by Gasteiger charge is 2.55. The van der Waals surface area contributed by atoms with Crippen molar-refractivity contribution in [3.05, 3.63) is 32.0 Å². The van der Waals surface area contributed by atoms with Gasteiger partial charge >= 0.3 is 5.97 Å². The number of carbonyl (C=O) groups is 1. The molecule has 0 saturated heterocycles. The maximum absolute atomic E-state index is 12.0. The predicted molar refractivity (Wildman–Crippen MR) is 85.1 cm³/mol. The zero-order chi connectivity index (χ0) is 13.6. The van der Waals surface area contributed by atoms with E-state index in [2.05, 4.69) is 41.3 Å². The lowest BCUT2D eigenvalue weighted by Crippen LogP contribution is -2.37. The van der Waals surface area contributed by atoms with E-state index in [0.717, 1.165) is 12.3 Å². The van der Waals surface area contributed by atoms with Gasteiger partial charge in [-0.15, -0.1) is 11.3 Å². The lowest BCUT2D eigenvalue weighted by atomic mass is 9.82. The molecular formula is C15H17IO2S. The van der Waals surface area contributed by atoms with Gasteiger partial charge in [-0.3, -0.25) is 0 Å². The standard InChI is InChI=1S/C15H17IO2S/c1-9(2)14(17)18-15(12-5-6-13(16)19-12)8-10-3-4-11(15)7-10/h5-6,10-11H,1,3-4,7-8H2,2H3. The topological polar surface area (TPSA) is 26.3 Å². The van der Waals surface area contributed by atoms with E-state index in [4.69, 9.17) is 4.74 Å². The first-order valence-electron chi connectivity index (χ1n) is 6.66. The summed E-state index contributed by atoms with van der Waals surface area (Å²) in [5.74, 6) is 0.980. The Hall–Kier alpha value is -0.360. The van der Waals surface area contributed by atoms with Crippen LogP contribution >= 0.6 is 33.9 Å². The number of ether oxygens (including phenoxy) is 1. The molecule has 19 heavy (non-hydrogen) atoms. The summed E-state index contributed by atoms with van der Waals surface area (Å²) < 4.78 is 7.21. The van der Waals surface area contributed by atoms with Gasteiger partial charge in [-0.1, -0.05) is 6.58 Å². The predicted octanol–water partition coefficient (Wildman–Crippen LogP) is 4.49. The molecule has 102 valence electrons. The molecule has 2 bridgehead atoms. The van der Waals surface area contributed by atoms with Gasteiger partial charge in [0.15, 0.2) is 0 Å². The lowest BCUT2D eigenvalue weighted by molar-refractivity contribution is -0.162. The Morgan fingerprint density at radius 3 is 2.79 bits per heavy atom. The highest BCUT2D eigenvalue weighted by atomic mass is 127. The molecule has 1 heterocycles. The molecule has 2 aliphatic carbocycles. The van der Waals surface area contributed by atoms with E-state index in [9.17, 15) is 4.79 Å². The van der Waals surface area contributed by atoms with Crippen LogP contribution in [0.4, 0.5) is 0 Å². The van der Waals surface area contributed by atoms with Gasteiger partial charge in [-0.05, 0) is 73.2 Å². The Balaban J connectivity index is 1.97. The Labute approximate surface area is 131 Å². The van der Waals surface area contributed by atoms with Gasteiger partial charge in [-0.25, -0.2) is 4.79 Å². The third kappa shape index (κ3) is 2.27. The maximum Gasteiger partial charge on any atom is 0.334 e. The zero-order valence-electron chi connectivity index (χ0n) is 10.9. The van der Waals surface area contributed by atoms with Crippen molar-refractivity contribution in [2.24, 2.45) is 11.8 Å². The van der Waals surface area contributed by atoms with E-state index in [0.29, 0.717) is 11.5 Å². The first kappa shape index (κ1) is 13.6. The maximum atomic E-state index is 12.0. The third-order valence-electron chi connectivity index (χ3n) is 4.41. The molecule has 3 unspecified atom stereocenters. The molecule has 2 aliphatic rings. The molecule has 2 nitrogen and oxygen atoms in total. The van der Waals surface area contributed by atoms with Crippen molar-refractivity contribution in [2.75, 3.05) is 0 Å². The molecule has 3 atom stereocenters. The van der Waals surface area contributed by atoms with Crippen LogP contribution in [0.1, 0.15) is 37.5 Å². The molecule has 2 saturated carbocycles. The number of hydrogen-bond donors (Lipinski definition) is 0. The number of hydrogen-bond acceptors (Lipinski definition) is 3. The first-order valence-corrected chi connectivity index (χ1v) is 8.55. The van der Waals surface area contributed by atoms with E-state index in [-0.39, 0.29) is 11.6 Å². The van der Waals surface area contributed by atoms with Crippen LogP contribution in [0.25, 0.3) is 0 Å². The minimum atomic E-state index is -0.368. The SMILES string of the molecule is C=C(C)C(=O)OC1(c2ccc(I)s2)CC2CCC1C2. The van der Waals surface area contributed by atoms with E-state index in [1.807, 2.05) is 0 Å². The van der Waals surface area contributed by atoms with Crippen LogP contribution < -0.4 is 0 Å². The van der Waals surface area contributed by atoms with Crippen LogP contribution in [0.15, 0.2) is 24.3 Å². The Morgan fingerprint density at radius 2 is 2.32 bits per heavy atom. The van der Waals surface area contributed by atoms with Gasteiger partial charge in [0, 0.05) is 16.4 Å². The van der Waals surface area contributed by atoms with E-state index >= 15 is 0 Å². The summed E-state index contributed by atoms with van der Waals surface area (Å²) in [6, 6.07) is 4.25. The van der Waals surface area contributed by atoms with Crippen molar-refractivity contribution < 1.29 is 9.53 Å². The van der Waals surface area contributed by atoms with Gasteiger partial charge < -0.3 is 4.74 Å². The van der Waals surface area contributed by atoms with Crippen LogP contribution in [0.3, 0.4) is 0 Å². The van der Waals surface area contributed by atoms with Crippen molar-refractivity contribution in [1.82, 2.24) is 0 Å². The Kier molecular flexibility index (Phi) is 3.50. The number of rotatable bonds is 3. The highest BCUT2D eigenvalue weighted by Crippen LogP contribution is 2.58. The molecule has 0 aromatic carbocycles. The van der Waals surface area contributed by atoms with Crippen LogP contribution in [0, 0.1) is 14.7 Å². The zero-order valence-corrected chi connectivity index (χ0v) is 13.9. The Bertz CT molecular complexity index is 536. The summed E-state index contributed by atoms with van der Waals surface area (Å²) in [4.78, 5) is 13.3. The lowest BCUT2D eigenvalue weighted by Gasteiger charge is -2.36. The van der Waals surface area contributed by atoms with Gasteiger partial charge in [-0.2, -0.15) is 0 Å². The molecule has 0 amide bonds. The number of halogens is 1. The fraction of sp³-hybridized carbons (Fsp3) is 0.533. The van der Waals surface area contributed by atoms with Gasteiger partial charge in [0.2, 0.25) is 0 Å². The molecular weight excluding hydrogens is 371 g/mol. The molecule has 0 aliphatic heterocycles. The second kappa shape index (κ2) is 4.88. The number of thiophene rings is 1. The molecule has 3 rings (SSSR count). The van der Waals surface area contributed by atoms with Gasteiger partial charge in [0.1, 0.15) is 5.60 Å². The smallest absolute Gasteiger partial charge is 0.334 e. The second-order valence-electron chi connectivity index (χ2n) is 5.74. The number of carbonyl (C=O) groups excluding carboxylic acids is 1. The van der Waals surface area contributed by atoms with Crippen LogP contribution in [0.5, 0.6) is 0 Å². The molecule has 2 fully saturated rings. The van der Waals surface area contributed by atoms with Crippen molar-refractivity contribution in [3.63, 3.8) is 0 Å². The fourth-order valence-electron chi connectivity index (χ4n) is 3.55. The van der Waals surface area contributed by atoms with Gasteiger partial charge in [0.25, 0.3) is 0 Å². The van der Waals surface area contributed by atoms with Gasteiger partial charge in [0.05, 0.1) is 2.88 Å². The average Bonchev–Trinajstić information content (AvgIpc) is 3.03. The van der Waals surface area contributed by atoms with Crippen molar-refractivity contribution in [2.45, 2.75) is 38.2 Å². The van der Waals surface area contributed by atoms with E-state index < -0.39 is 0 Å². The highest BCUT2D eigenvalue weighted by molar-refractivity contribution is 14.1. The minimum Gasteiger partial charge on any atom is -0.450 e. The van der Waals surface area contributed by atoms with Crippen molar-refractivity contribution in [1.29, 1.82) is 0 Å². The van der Waals surface area contributed by atoms with Crippen LogP contribution in [-0.4, -0.2) is 5.97 Å². The molecule has 1 aromatic heterocycles. The monoisotopic (exact) mass is 388 g/mol. The fourth-order valence-corrected chi connectivity index (χ4v) is 5.39. The minimum absolute atomic E-state index is 0.240. The van der Waals surface area contributed by atoms with Crippen molar-refractivity contribution >= 4 is 39.9 Å². The van der Waals surface area contributed by atoms with E-state index in [1.165, 1.54) is 27.0 Å².